The number of hydrogen-bond donors (Lipinski definition) is 1. The molecule has 0 aliphatic carbocycles. The normalized spacial score (nSPS) is 27.2. The van der Waals surface area contributed by atoms with Crippen molar-refractivity contribution in [2.24, 2.45) is 0 Å². The van der Waals surface area contributed by atoms with Gasteiger partial charge in [0.05, 0.1) is 4.47 Å². The Bertz CT molecular complexity index is 441. The average Bonchev–Trinajstić information content (AvgIpc) is 2.78. The van der Waals surface area contributed by atoms with E-state index >= 15 is 0 Å². The summed E-state index contributed by atoms with van der Waals surface area (Å²) < 4.78 is 12.3. The van der Waals surface area contributed by atoms with Gasteiger partial charge in [0.15, 0.2) is 11.5 Å². The lowest BCUT2D eigenvalue weighted by molar-refractivity contribution is 0.169. The first-order valence-corrected chi connectivity index (χ1v) is 6.84. The lowest BCUT2D eigenvalue weighted by atomic mass is 9.90. The van der Waals surface area contributed by atoms with Gasteiger partial charge in [0.25, 0.3) is 0 Å². The largest absolute Gasteiger partial charge is 0.486 e. The highest BCUT2D eigenvalue weighted by Crippen LogP contribution is 2.44. The van der Waals surface area contributed by atoms with Crippen LogP contribution in [0.15, 0.2) is 16.6 Å². The van der Waals surface area contributed by atoms with E-state index < -0.39 is 0 Å². The van der Waals surface area contributed by atoms with Gasteiger partial charge in [-0.2, -0.15) is 0 Å². The van der Waals surface area contributed by atoms with Gasteiger partial charge in [0.1, 0.15) is 13.2 Å². The Morgan fingerprint density at radius 3 is 2.88 bits per heavy atom. The van der Waals surface area contributed by atoms with E-state index in [-0.39, 0.29) is 5.54 Å². The summed E-state index contributed by atoms with van der Waals surface area (Å²) in [5.74, 6) is 1.69. The summed E-state index contributed by atoms with van der Waals surface area (Å²) in [6, 6.07) is 4.15. The molecule has 1 aromatic carbocycles. The van der Waals surface area contributed by atoms with Gasteiger partial charge in [-0.05, 0) is 53.9 Å². The minimum Gasteiger partial charge on any atom is -0.486 e. The molecule has 1 N–H and O–H groups in total. The lowest BCUT2D eigenvalue weighted by Crippen LogP contribution is -2.33. The summed E-state index contributed by atoms with van der Waals surface area (Å²) in [5.41, 5.74) is 1.31. The molecule has 3 rings (SSSR count). The summed E-state index contributed by atoms with van der Waals surface area (Å²) in [7, 11) is 0. The first-order valence-electron chi connectivity index (χ1n) is 6.04. The highest BCUT2D eigenvalue weighted by atomic mass is 79.9. The predicted octanol–water partition coefficient (Wildman–Crippen LogP) is 2.82. The van der Waals surface area contributed by atoms with E-state index in [2.05, 4.69) is 34.2 Å². The maximum atomic E-state index is 5.70. The summed E-state index contributed by atoms with van der Waals surface area (Å²) in [5, 5.41) is 3.57. The van der Waals surface area contributed by atoms with Gasteiger partial charge in [-0.25, -0.2) is 0 Å². The minimum atomic E-state index is 0.0503. The first kappa shape index (κ1) is 11.4. The molecule has 0 aromatic heterocycles. The van der Waals surface area contributed by atoms with Crippen molar-refractivity contribution in [1.82, 2.24) is 5.32 Å². The van der Waals surface area contributed by atoms with Crippen LogP contribution in [0.4, 0.5) is 0 Å². The molecule has 1 atom stereocenters. The second kappa shape index (κ2) is 4.18. The first-order chi connectivity index (χ1) is 8.21. The van der Waals surface area contributed by atoms with Crippen molar-refractivity contribution in [2.45, 2.75) is 25.3 Å². The van der Waals surface area contributed by atoms with Crippen molar-refractivity contribution in [1.29, 1.82) is 0 Å². The van der Waals surface area contributed by atoms with Gasteiger partial charge in [-0.3, -0.25) is 0 Å². The van der Waals surface area contributed by atoms with Crippen LogP contribution in [0.1, 0.15) is 25.3 Å². The number of benzene rings is 1. The third kappa shape index (κ3) is 1.83. The number of nitrogens with one attached hydrogen (secondary N) is 1. The third-order valence-corrected chi connectivity index (χ3v) is 4.40. The molecule has 1 unspecified atom stereocenters. The summed E-state index contributed by atoms with van der Waals surface area (Å²) in [4.78, 5) is 0. The highest BCUT2D eigenvalue weighted by molar-refractivity contribution is 9.10. The van der Waals surface area contributed by atoms with Crippen LogP contribution in [0.3, 0.4) is 0 Å². The molecule has 0 radical (unpaired) electrons. The topological polar surface area (TPSA) is 30.5 Å². The Kier molecular flexibility index (Phi) is 2.79. The van der Waals surface area contributed by atoms with E-state index in [0.29, 0.717) is 13.2 Å². The number of ether oxygens (including phenoxy) is 2. The van der Waals surface area contributed by atoms with Gasteiger partial charge >= 0.3 is 0 Å². The van der Waals surface area contributed by atoms with Crippen LogP contribution in [0, 0.1) is 0 Å². The SMILES string of the molecule is CC1(c2ccc3c(c2Br)OCCO3)CCCN1. The van der Waals surface area contributed by atoms with Crippen LogP contribution in [0.25, 0.3) is 0 Å². The van der Waals surface area contributed by atoms with Crippen LogP contribution in [0.2, 0.25) is 0 Å². The Morgan fingerprint density at radius 2 is 2.12 bits per heavy atom. The van der Waals surface area contributed by atoms with E-state index in [4.69, 9.17) is 9.47 Å². The molecule has 2 aliphatic rings. The molecule has 92 valence electrons. The molecular formula is C13H16BrNO2. The quantitative estimate of drug-likeness (QED) is 0.865. The molecule has 0 spiro atoms. The van der Waals surface area contributed by atoms with Crippen molar-refractivity contribution in [3.05, 3.63) is 22.2 Å². The molecule has 1 fully saturated rings. The predicted molar refractivity (Wildman–Crippen MR) is 69.7 cm³/mol. The van der Waals surface area contributed by atoms with Crippen molar-refractivity contribution in [3.8, 4) is 11.5 Å². The standard InChI is InChI=1S/C13H16BrNO2/c1-13(5-2-6-15-13)9-3-4-10-12(11(9)14)17-8-7-16-10/h3-4,15H,2,5-8H2,1H3. The van der Waals surface area contributed by atoms with Crippen molar-refractivity contribution < 1.29 is 9.47 Å². The second-order valence-corrected chi connectivity index (χ2v) is 5.61. The van der Waals surface area contributed by atoms with E-state index in [1.807, 2.05) is 6.07 Å². The Hall–Kier alpha value is -0.740. The van der Waals surface area contributed by atoms with Crippen LogP contribution >= 0.6 is 15.9 Å². The van der Waals surface area contributed by atoms with Gasteiger partial charge < -0.3 is 14.8 Å². The van der Waals surface area contributed by atoms with E-state index in [0.717, 1.165) is 28.9 Å². The highest BCUT2D eigenvalue weighted by Gasteiger charge is 2.33. The zero-order chi connectivity index (χ0) is 11.9. The Labute approximate surface area is 110 Å². The van der Waals surface area contributed by atoms with E-state index in [1.165, 1.54) is 12.0 Å². The van der Waals surface area contributed by atoms with Gasteiger partial charge in [0, 0.05) is 5.54 Å². The monoisotopic (exact) mass is 297 g/mol. The molecule has 4 heteroatoms. The summed E-state index contributed by atoms with van der Waals surface area (Å²) >= 11 is 3.67. The smallest absolute Gasteiger partial charge is 0.175 e. The molecule has 17 heavy (non-hydrogen) atoms. The second-order valence-electron chi connectivity index (χ2n) is 4.81. The number of fused-ring (bicyclic) bond motifs is 1. The fraction of sp³-hybridized carbons (Fsp3) is 0.538. The summed E-state index contributed by atoms with van der Waals surface area (Å²) in [6.07, 6.45) is 2.38. The van der Waals surface area contributed by atoms with Crippen molar-refractivity contribution in [2.75, 3.05) is 19.8 Å². The lowest BCUT2D eigenvalue weighted by Gasteiger charge is -2.29. The fourth-order valence-corrected chi connectivity index (χ4v) is 3.51. The van der Waals surface area contributed by atoms with E-state index in [1.54, 1.807) is 0 Å². The average molecular weight is 298 g/mol. The molecule has 2 aliphatic heterocycles. The molecule has 1 aromatic rings. The third-order valence-electron chi connectivity index (χ3n) is 3.61. The molecule has 3 nitrogen and oxygen atoms in total. The number of hydrogen-bond acceptors (Lipinski definition) is 3. The van der Waals surface area contributed by atoms with E-state index in [9.17, 15) is 0 Å². The van der Waals surface area contributed by atoms with Gasteiger partial charge in [-0.15, -0.1) is 0 Å². The Balaban J connectivity index is 2.06. The minimum absolute atomic E-state index is 0.0503. The van der Waals surface area contributed by atoms with Gasteiger partial charge in [0.2, 0.25) is 0 Å². The fourth-order valence-electron chi connectivity index (χ4n) is 2.63. The van der Waals surface area contributed by atoms with Gasteiger partial charge in [-0.1, -0.05) is 6.07 Å². The molecule has 0 amide bonds. The maximum absolute atomic E-state index is 5.70. The molecule has 2 heterocycles. The number of rotatable bonds is 1. The Morgan fingerprint density at radius 1 is 1.29 bits per heavy atom. The molecular weight excluding hydrogens is 282 g/mol. The van der Waals surface area contributed by atoms with Crippen molar-refractivity contribution in [3.63, 3.8) is 0 Å². The summed E-state index contributed by atoms with van der Waals surface area (Å²) in [6.45, 7) is 4.58. The maximum Gasteiger partial charge on any atom is 0.175 e. The van der Waals surface area contributed by atoms with Crippen molar-refractivity contribution >= 4 is 15.9 Å². The molecule has 0 bridgehead atoms. The van der Waals surface area contributed by atoms with Crippen LogP contribution in [0.5, 0.6) is 11.5 Å². The van der Waals surface area contributed by atoms with Crippen LogP contribution < -0.4 is 14.8 Å². The zero-order valence-corrected chi connectivity index (χ0v) is 11.5. The zero-order valence-electron chi connectivity index (χ0n) is 9.88. The number of halogens is 1. The van der Waals surface area contributed by atoms with Crippen LogP contribution in [-0.4, -0.2) is 19.8 Å². The molecule has 1 saturated heterocycles. The molecule has 0 saturated carbocycles. The van der Waals surface area contributed by atoms with Crippen LogP contribution in [-0.2, 0) is 5.54 Å².